The van der Waals surface area contributed by atoms with Crippen LogP contribution in [0.25, 0.3) is 0 Å². The van der Waals surface area contributed by atoms with Gasteiger partial charge in [-0.3, -0.25) is 0 Å². The van der Waals surface area contributed by atoms with E-state index in [0.717, 1.165) is 25.7 Å². The number of nitrogens with zero attached hydrogens (tertiary/aromatic N) is 1. The zero-order valence-corrected chi connectivity index (χ0v) is 14.6. The Morgan fingerprint density at radius 1 is 1.27 bits per heavy atom. The van der Waals surface area contributed by atoms with Gasteiger partial charge in [-0.2, -0.15) is 0 Å². The molecule has 2 rings (SSSR count). The summed E-state index contributed by atoms with van der Waals surface area (Å²) in [5.41, 5.74) is -0.491. The SMILES string of the molecule is CC(C)(C)OC(=O)N(CCNC1CCCS(=O)(=O)C1)C1CC1. The van der Waals surface area contributed by atoms with E-state index in [1.807, 2.05) is 20.8 Å². The van der Waals surface area contributed by atoms with Gasteiger partial charge in [0.1, 0.15) is 5.60 Å². The van der Waals surface area contributed by atoms with E-state index in [9.17, 15) is 13.2 Å². The van der Waals surface area contributed by atoms with Crippen LogP contribution in [0.15, 0.2) is 0 Å². The molecule has 2 fully saturated rings. The first-order valence-electron chi connectivity index (χ1n) is 8.10. The van der Waals surface area contributed by atoms with Crippen molar-refractivity contribution >= 4 is 15.9 Å². The monoisotopic (exact) mass is 332 g/mol. The lowest BCUT2D eigenvalue weighted by Crippen LogP contribution is -2.46. The van der Waals surface area contributed by atoms with E-state index >= 15 is 0 Å². The minimum absolute atomic E-state index is 0.0124. The Morgan fingerprint density at radius 3 is 2.50 bits per heavy atom. The lowest BCUT2D eigenvalue weighted by atomic mass is 10.2. The van der Waals surface area contributed by atoms with Gasteiger partial charge in [0.2, 0.25) is 0 Å². The number of sulfone groups is 1. The quantitative estimate of drug-likeness (QED) is 0.827. The molecule has 128 valence electrons. The third kappa shape index (κ3) is 5.76. The molecule has 1 unspecified atom stereocenters. The van der Waals surface area contributed by atoms with Gasteiger partial charge in [-0.25, -0.2) is 13.2 Å². The second kappa shape index (κ2) is 6.74. The van der Waals surface area contributed by atoms with Crippen molar-refractivity contribution in [1.82, 2.24) is 10.2 Å². The number of hydrogen-bond acceptors (Lipinski definition) is 5. The molecule has 6 nitrogen and oxygen atoms in total. The van der Waals surface area contributed by atoms with E-state index in [4.69, 9.17) is 4.74 Å². The second-order valence-corrected chi connectivity index (χ2v) is 9.54. The average Bonchev–Trinajstić information content (AvgIpc) is 3.15. The van der Waals surface area contributed by atoms with Crippen LogP contribution in [0.2, 0.25) is 0 Å². The average molecular weight is 332 g/mol. The highest BCUT2D eigenvalue weighted by molar-refractivity contribution is 7.91. The maximum absolute atomic E-state index is 12.2. The summed E-state index contributed by atoms with van der Waals surface area (Å²) in [7, 11) is -2.89. The van der Waals surface area contributed by atoms with Gasteiger partial charge in [-0.15, -0.1) is 0 Å². The van der Waals surface area contributed by atoms with Crippen molar-refractivity contribution < 1.29 is 17.9 Å². The number of carbonyl (C=O) groups is 1. The van der Waals surface area contributed by atoms with Crippen LogP contribution < -0.4 is 5.32 Å². The first kappa shape index (κ1) is 17.5. The van der Waals surface area contributed by atoms with Crippen molar-refractivity contribution in [2.75, 3.05) is 24.6 Å². The number of amides is 1. The van der Waals surface area contributed by atoms with Crippen molar-refractivity contribution in [1.29, 1.82) is 0 Å². The Bertz CT molecular complexity index is 494. The van der Waals surface area contributed by atoms with Gasteiger partial charge in [0, 0.05) is 25.2 Å². The van der Waals surface area contributed by atoms with Crippen LogP contribution in [0.4, 0.5) is 4.79 Å². The van der Waals surface area contributed by atoms with Crippen LogP contribution in [0.5, 0.6) is 0 Å². The number of hydrogen-bond donors (Lipinski definition) is 1. The highest BCUT2D eigenvalue weighted by Gasteiger charge is 2.35. The number of ether oxygens (including phenoxy) is 1. The Hall–Kier alpha value is -0.820. The van der Waals surface area contributed by atoms with Crippen LogP contribution in [-0.4, -0.2) is 61.7 Å². The molecule has 2 aliphatic rings. The van der Waals surface area contributed by atoms with Crippen molar-refractivity contribution in [3.63, 3.8) is 0 Å². The summed E-state index contributed by atoms with van der Waals surface area (Å²) in [6.45, 7) is 6.76. The lowest BCUT2D eigenvalue weighted by Gasteiger charge is -2.29. The Balaban J connectivity index is 1.79. The molecule has 1 saturated carbocycles. The molecule has 1 heterocycles. The molecular weight excluding hydrogens is 304 g/mol. The van der Waals surface area contributed by atoms with Crippen molar-refractivity contribution in [2.45, 2.75) is 64.1 Å². The van der Waals surface area contributed by atoms with Gasteiger partial charge in [0.05, 0.1) is 11.5 Å². The summed E-state index contributed by atoms with van der Waals surface area (Å²) in [5, 5.41) is 3.28. The van der Waals surface area contributed by atoms with Crippen LogP contribution >= 0.6 is 0 Å². The molecule has 0 spiro atoms. The Labute approximate surface area is 133 Å². The van der Waals surface area contributed by atoms with Gasteiger partial charge in [0.25, 0.3) is 0 Å². The Kier molecular flexibility index (Phi) is 5.37. The molecule has 7 heteroatoms. The molecule has 0 aromatic rings. The summed E-state index contributed by atoms with van der Waals surface area (Å²) in [6, 6.07) is 0.296. The summed E-state index contributed by atoms with van der Waals surface area (Å²) in [6.07, 6.45) is 3.38. The van der Waals surface area contributed by atoms with Crippen LogP contribution in [0, 0.1) is 0 Å². The molecule has 1 saturated heterocycles. The largest absolute Gasteiger partial charge is 0.444 e. The maximum atomic E-state index is 12.2. The van der Waals surface area contributed by atoms with Gasteiger partial charge >= 0.3 is 6.09 Å². The number of rotatable bonds is 5. The molecule has 1 N–H and O–H groups in total. The standard InChI is InChI=1S/C15H28N2O4S/c1-15(2,3)21-14(18)17(13-6-7-13)9-8-16-12-5-4-10-22(19,20)11-12/h12-13,16H,4-11H2,1-3H3. The van der Waals surface area contributed by atoms with Gasteiger partial charge < -0.3 is 15.0 Å². The van der Waals surface area contributed by atoms with Gasteiger partial charge in [0.15, 0.2) is 9.84 Å². The molecule has 0 bridgehead atoms. The Morgan fingerprint density at radius 2 is 1.95 bits per heavy atom. The minimum Gasteiger partial charge on any atom is -0.444 e. The van der Waals surface area contributed by atoms with E-state index < -0.39 is 15.4 Å². The van der Waals surface area contributed by atoms with Crippen LogP contribution in [0.1, 0.15) is 46.5 Å². The van der Waals surface area contributed by atoms with Crippen molar-refractivity contribution in [2.24, 2.45) is 0 Å². The molecule has 0 aromatic heterocycles. The van der Waals surface area contributed by atoms with E-state index in [2.05, 4.69) is 5.32 Å². The maximum Gasteiger partial charge on any atom is 0.410 e. The van der Waals surface area contributed by atoms with E-state index in [1.54, 1.807) is 4.90 Å². The molecular formula is C15H28N2O4S. The third-order valence-corrected chi connectivity index (χ3v) is 5.69. The van der Waals surface area contributed by atoms with Crippen LogP contribution in [-0.2, 0) is 14.6 Å². The minimum atomic E-state index is -2.89. The summed E-state index contributed by atoms with van der Waals surface area (Å²) >= 11 is 0. The first-order chi connectivity index (χ1) is 10.2. The number of carbonyl (C=O) groups excluding carboxylic acids is 1. The van der Waals surface area contributed by atoms with Crippen molar-refractivity contribution in [3.05, 3.63) is 0 Å². The zero-order valence-electron chi connectivity index (χ0n) is 13.8. The van der Waals surface area contributed by atoms with Gasteiger partial charge in [-0.05, 0) is 46.5 Å². The fraction of sp³-hybridized carbons (Fsp3) is 0.933. The molecule has 1 aliphatic heterocycles. The first-order valence-corrected chi connectivity index (χ1v) is 9.92. The number of nitrogens with one attached hydrogen (secondary N) is 1. The fourth-order valence-electron chi connectivity index (χ4n) is 2.70. The highest BCUT2D eigenvalue weighted by Crippen LogP contribution is 2.28. The van der Waals surface area contributed by atoms with Gasteiger partial charge in [-0.1, -0.05) is 0 Å². The van der Waals surface area contributed by atoms with Crippen molar-refractivity contribution in [3.8, 4) is 0 Å². The molecule has 0 aromatic carbocycles. The van der Waals surface area contributed by atoms with E-state index in [-0.39, 0.29) is 23.9 Å². The normalized spacial score (nSPS) is 24.8. The molecule has 1 amide bonds. The molecule has 0 radical (unpaired) electrons. The van der Waals surface area contributed by atoms with Crippen LogP contribution in [0.3, 0.4) is 0 Å². The fourth-order valence-corrected chi connectivity index (χ4v) is 4.37. The zero-order chi connectivity index (χ0) is 16.4. The molecule has 22 heavy (non-hydrogen) atoms. The van der Waals surface area contributed by atoms with E-state index in [1.165, 1.54) is 0 Å². The molecule has 1 aliphatic carbocycles. The van der Waals surface area contributed by atoms with E-state index in [0.29, 0.717) is 18.8 Å². The lowest BCUT2D eigenvalue weighted by molar-refractivity contribution is 0.0234. The summed E-state index contributed by atoms with van der Waals surface area (Å²) in [5.74, 6) is 0.514. The molecule has 1 atom stereocenters. The predicted octanol–water partition coefficient (Wildman–Crippen LogP) is 1.55. The highest BCUT2D eigenvalue weighted by atomic mass is 32.2. The second-order valence-electron chi connectivity index (χ2n) is 7.31. The predicted molar refractivity (Wildman–Crippen MR) is 85.6 cm³/mol. The summed E-state index contributed by atoms with van der Waals surface area (Å²) < 4.78 is 28.7. The smallest absolute Gasteiger partial charge is 0.410 e. The summed E-state index contributed by atoms with van der Waals surface area (Å²) in [4.78, 5) is 14.0. The topological polar surface area (TPSA) is 75.7 Å². The third-order valence-electron chi connectivity index (χ3n) is 3.86.